The molecule has 7 nitrogen and oxygen atoms in total. The zero-order chi connectivity index (χ0) is 24.6. The number of halogens is 2. The number of rotatable bonds is 6. The SMILES string of the molecule is CCNC1(C(N)=O)CCN(c2ccnc3c(-c4ccc(Cl)cc4)c(-c4ccccc4Cl)nn23)CC1. The number of nitrogens with zero attached hydrogens (tertiary/aromatic N) is 4. The minimum Gasteiger partial charge on any atom is -0.368 e. The third-order valence-corrected chi connectivity index (χ3v) is 7.27. The van der Waals surface area contributed by atoms with Crippen molar-refractivity contribution in [3.05, 3.63) is 70.8 Å². The van der Waals surface area contributed by atoms with E-state index in [4.69, 9.17) is 39.0 Å². The van der Waals surface area contributed by atoms with Crippen molar-refractivity contribution in [3.63, 3.8) is 0 Å². The van der Waals surface area contributed by atoms with E-state index in [1.54, 1.807) is 6.20 Å². The zero-order valence-corrected chi connectivity index (χ0v) is 20.9. The largest absolute Gasteiger partial charge is 0.368 e. The first-order valence-electron chi connectivity index (χ1n) is 11.6. The highest BCUT2D eigenvalue weighted by atomic mass is 35.5. The molecule has 1 saturated heterocycles. The van der Waals surface area contributed by atoms with Crippen molar-refractivity contribution in [1.82, 2.24) is 19.9 Å². The maximum Gasteiger partial charge on any atom is 0.237 e. The number of hydrogen-bond donors (Lipinski definition) is 2. The molecule has 0 unspecified atom stereocenters. The molecule has 0 bridgehead atoms. The number of fused-ring (bicyclic) bond motifs is 1. The molecule has 0 aliphatic carbocycles. The van der Waals surface area contributed by atoms with Crippen LogP contribution in [0, 0.1) is 0 Å². The molecule has 0 atom stereocenters. The predicted molar refractivity (Wildman–Crippen MR) is 141 cm³/mol. The maximum atomic E-state index is 12.2. The Morgan fingerprint density at radius 2 is 1.80 bits per heavy atom. The molecule has 5 rings (SSSR count). The van der Waals surface area contributed by atoms with Crippen LogP contribution >= 0.6 is 23.2 Å². The summed E-state index contributed by atoms with van der Waals surface area (Å²) in [6.07, 6.45) is 3.02. The fourth-order valence-electron chi connectivity index (χ4n) is 4.86. The molecule has 0 spiro atoms. The van der Waals surface area contributed by atoms with Crippen LogP contribution in [0.1, 0.15) is 19.8 Å². The van der Waals surface area contributed by atoms with Crippen LogP contribution in [0.25, 0.3) is 28.0 Å². The molecule has 3 N–H and O–H groups in total. The number of anilines is 1. The third-order valence-electron chi connectivity index (χ3n) is 6.69. The Balaban J connectivity index is 1.63. The number of hydrogen-bond acceptors (Lipinski definition) is 5. The van der Waals surface area contributed by atoms with Gasteiger partial charge in [0.25, 0.3) is 0 Å². The van der Waals surface area contributed by atoms with Crippen LogP contribution in [0.2, 0.25) is 10.0 Å². The minimum absolute atomic E-state index is 0.302. The van der Waals surface area contributed by atoms with Crippen molar-refractivity contribution >= 4 is 40.6 Å². The molecule has 0 saturated carbocycles. The number of nitrogens with two attached hydrogens (primary N) is 1. The topological polar surface area (TPSA) is 88.5 Å². The second kappa shape index (κ2) is 9.49. The van der Waals surface area contributed by atoms with E-state index in [-0.39, 0.29) is 5.91 Å². The number of amides is 1. The number of primary amides is 1. The fourth-order valence-corrected chi connectivity index (χ4v) is 5.21. The Hall–Kier alpha value is -3.13. The highest BCUT2D eigenvalue weighted by Gasteiger charge is 2.39. The normalized spacial score (nSPS) is 15.5. The van der Waals surface area contributed by atoms with Gasteiger partial charge < -0.3 is 16.0 Å². The molecule has 0 radical (unpaired) electrons. The van der Waals surface area contributed by atoms with Gasteiger partial charge in [0.2, 0.25) is 5.91 Å². The average Bonchev–Trinajstić information content (AvgIpc) is 3.25. The third kappa shape index (κ3) is 4.24. The van der Waals surface area contributed by atoms with E-state index in [2.05, 4.69) is 10.2 Å². The second-order valence-electron chi connectivity index (χ2n) is 8.71. The number of likely N-dealkylation sites (N-methyl/N-ethyl adjacent to an activating group) is 1. The van der Waals surface area contributed by atoms with Gasteiger partial charge in [-0.25, -0.2) is 4.98 Å². The summed E-state index contributed by atoms with van der Waals surface area (Å²) in [5, 5.41) is 9.60. The van der Waals surface area contributed by atoms with E-state index in [1.807, 2.05) is 66.0 Å². The van der Waals surface area contributed by atoms with Crippen LogP contribution in [0.3, 0.4) is 0 Å². The van der Waals surface area contributed by atoms with E-state index >= 15 is 0 Å². The molecule has 3 heterocycles. The molecule has 35 heavy (non-hydrogen) atoms. The minimum atomic E-state index is -0.682. The Morgan fingerprint density at radius 3 is 2.46 bits per heavy atom. The van der Waals surface area contributed by atoms with Crippen LogP contribution in [0.5, 0.6) is 0 Å². The monoisotopic (exact) mass is 508 g/mol. The first-order valence-corrected chi connectivity index (χ1v) is 12.4. The maximum absolute atomic E-state index is 12.2. The molecular formula is C26H26Cl2N6O. The van der Waals surface area contributed by atoms with Gasteiger partial charge in [-0.2, -0.15) is 9.61 Å². The molecule has 1 amide bonds. The quantitative estimate of drug-likeness (QED) is 0.390. The smallest absolute Gasteiger partial charge is 0.237 e. The summed E-state index contributed by atoms with van der Waals surface area (Å²) >= 11 is 12.8. The molecule has 9 heteroatoms. The van der Waals surface area contributed by atoms with E-state index in [0.717, 1.165) is 33.8 Å². The molecule has 1 aliphatic rings. The Labute approximate surface area is 213 Å². The molecule has 180 valence electrons. The molecule has 1 fully saturated rings. The molecule has 1 aliphatic heterocycles. The van der Waals surface area contributed by atoms with Gasteiger partial charge in [0, 0.05) is 29.9 Å². The summed E-state index contributed by atoms with van der Waals surface area (Å²) in [5.74, 6) is 0.599. The van der Waals surface area contributed by atoms with Crippen LogP contribution in [-0.2, 0) is 4.79 Å². The lowest BCUT2D eigenvalue weighted by Crippen LogP contribution is -2.61. The van der Waals surface area contributed by atoms with Crippen molar-refractivity contribution in [1.29, 1.82) is 0 Å². The molecule has 2 aromatic heterocycles. The first-order chi connectivity index (χ1) is 16.9. The van der Waals surface area contributed by atoms with Crippen molar-refractivity contribution in [2.75, 3.05) is 24.5 Å². The Kier molecular flexibility index (Phi) is 6.40. The fraction of sp³-hybridized carbons (Fsp3) is 0.269. The van der Waals surface area contributed by atoms with E-state index in [1.165, 1.54) is 0 Å². The van der Waals surface area contributed by atoms with Crippen LogP contribution in [0.4, 0.5) is 5.82 Å². The number of piperidine rings is 1. The predicted octanol–water partition coefficient (Wildman–Crippen LogP) is 4.80. The average molecular weight is 509 g/mol. The zero-order valence-electron chi connectivity index (χ0n) is 19.3. The standard InChI is InChI=1S/C26H26Cl2N6O/c1-2-31-26(25(29)35)12-15-33(16-13-26)21-11-14-30-24-22(17-7-9-18(27)10-8-17)23(32-34(21)24)19-5-3-4-6-20(19)28/h3-11,14,31H,2,12-13,15-16H2,1H3,(H2,29,35). The van der Waals surface area contributed by atoms with Gasteiger partial charge in [0.15, 0.2) is 5.65 Å². The van der Waals surface area contributed by atoms with Crippen LogP contribution in [0.15, 0.2) is 60.8 Å². The summed E-state index contributed by atoms with van der Waals surface area (Å²) in [6, 6.07) is 17.3. The summed E-state index contributed by atoms with van der Waals surface area (Å²) < 4.78 is 1.87. The van der Waals surface area contributed by atoms with Gasteiger partial charge in [-0.3, -0.25) is 4.79 Å². The Morgan fingerprint density at radius 1 is 1.09 bits per heavy atom. The van der Waals surface area contributed by atoms with Gasteiger partial charge in [-0.1, -0.05) is 60.5 Å². The van der Waals surface area contributed by atoms with Crippen LogP contribution in [-0.4, -0.2) is 45.7 Å². The second-order valence-corrected chi connectivity index (χ2v) is 9.56. The summed E-state index contributed by atoms with van der Waals surface area (Å²) in [4.78, 5) is 19.2. The summed E-state index contributed by atoms with van der Waals surface area (Å²) in [5.41, 5.74) is 9.21. The lowest BCUT2D eigenvalue weighted by atomic mass is 9.86. The van der Waals surface area contributed by atoms with E-state index in [0.29, 0.717) is 42.5 Å². The van der Waals surface area contributed by atoms with Crippen molar-refractivity contribution in [2.24, 2.45) is 5.73 Å². The van der Waals surface area contributed by atoms with Crippen molar-refractivity contribution in [3.8, 4) is 22.4 Å². The highest BCUT2D eigenvalue weighted by Crippen LogP contribution is 2.39. The first kappa shape index (κ1) is 23.6. The van der Waals surface area contributed by atoms with Gasteiger partial charge in [0.1, 0.15) is 17.1 Å². The van der Waals surface area contributed by atoms with Gasteiger partial charge in [-0.05, 0) is 49.2 Å². The van der Waals surface area contributed by atoms with Gasteiger partial charge in [0.05, 0.1) is 10.6 Å². The van der Waals surface area contributed by atoms with Gasteiger partial charge >= 0.3 is 0 Å². The number of benzene rings is 2. The summed E-state index contributed by atoms with van der Waals surface area (Å²) in [6.45, 7) is 3.99. The molecular weight excluding hydrogens is 483 g/mol. The lowest BCUT2D eigenvalue weighted by Gasteiger charge is -2.40. The number of aromatic nitrogens is 3. The lowest BCUT2D eigenvalue weighted by molar-refractivity contribution is -0.125. The van der Waals surface area contributed by atoms with E-state index in [9.17, 15) is 4.79 Å². The van der Waals surface area contributed by atoms with E-state index < -0.39 is 5.54 Å². The Bertz CT molecular complexity index is 1380. The number of nitrogens with one attached hydrogen (secondary N) is 1. The molecule has 4 aromatic rings. The summed E-state index contributed by atoms with van der Waals surface area (Å²) in [7, 11) is 0. The van der Waals surface area contributed by atoms with Gasteiger partial charge in [-0.15, -0.1) is 0 Å². The highest BCUT2D eigenvalue weighted by molar-refractivity contribution is 6.33. The number of carbonyl (C=O) groups excluding carboxylic acids is 1. The molecule has 2 aromatic carbocycles. The van der Waals surface area contributed by atoms with Crippen molar-refractivity contribution in [2.45, 2.75) is 25.3 Å². The number of carbonyl (C=O) groups is 1. The van der Waals surface area contributed by atoms with Crippen molar-refractivity contribution < 1.29 is 4.79 Å². The van der Waals surface area contributed by atoms with Crippen LogP contribution < -0.4 is 16.0 Å².